The molecule has 273 valence electrons. The number of hydrogen-bond donors (Lipinski definition) is 0. The topological polar surface area (TPSA) is 242 Å². The van der Waals surface area contributed by atoms with Crippen LogP contribution in [0.5, 0.6) is 0 Å². The van der Waals surface area contributed by atoms with Crippen LogP contribution in [0.15, 0.2) is 48.7 Å². The SMILES string of the molecule is Cc1ccc(-c2ccccc2)nc1.O=S(=O)([O-])C(F)(F)F.O=S(=O)([O-])C(F)(F)F.O=S(=O)([O-])C(F)(F)F.O=S(=O)([O-])C(F)(F)F.[Ir]. The van der Waals surface area contributed by atoms with Crippen molar-refractivity contribution in [3.63, 3.8) is 0 Å². The molecule has 0 unspecified atom stereocenters. The molecular weight excluding hydrogens is 947 g/mol. The van der Waals surface area contributed by atoms with Gasteiger partial charge in [0.05, 0.1) is 5.69 Å². The maximum Gasteiger partial charge on any atom is 0.485 e. The van der Waals surface area contributed by atoms with Gasteiger partial charge in [0, 0.05) is 31.9 Å². The van der Waals surface area contributed by atoms with E-state index in [9.17, 15) is 52.7 Å². The molecule has 0 aliphatic rings. The molecule has 0 atom stereocenters. The Morgan fingerprint density at radius 3 is 0.913 bits per heavy atom. The van der Waals surface area contributed by atoms with Gasteiger partial charge in [-0.25, -0.2) is 33.7 Å². The van der Waals surface area contributed by atoms with E-state index in [1.165, 1.54) is 11.1 Å². The van der Waals surface area contributed by atoms with E-state index in [1.54, 1.807) is 0 Å². The van der Waals surface area contributed by atoms with E-state index in [4.69, 9.17) is 51.9 Å². The first-order valence-corrected chi connectivity index (χ1v) is 15.1. The first-order valence-electron chi connectivity index (χ1n) is 9.43. The van der Waals surface area contributed by atoms with E-state index in [0.29, 0.717) is 0 Å². The number of alkyl halides is 12. The van der Waals surface area contributed by atoms with Gasteiger partial charge in [-0.2, -0.15) is 52.7 Å². The van der Waals surface area contributed by atoms with Crippen LogP contribution in [0.1, 0.15) is 5.56 Å². The number of pyridine rings is 1. The first-order chi connectivity index (χ1) is 19.4. The zero-order valence-corrected chi connectivity index (χ0v) is 26.6. The Hall–Kier alpha value is -2.18. The minimum Gasteiger partial charge on any atom is -0.741 e. The van der Waals surface area contributed by atoms with Crippen molar-refractivity contribution in [3.8, 4) is 11.3 Å². The van der Waals surface area contributed by atoms with E-state index < -0.39 is 62.5 Å². The Balaban J connectivity index is -0.000000244. The quantitative estimate of drug-likeness (QED) is 0.227. The number of aryl methyl sites for hydroxylation is 1. The van der Waals surface area contributed by atoms with Gasteiger partial charge < -0.3 is 18.2 Å². The van der Waals surface area contributed by atoms with Gasteiger partial charge in [0.15, 0.2) is 40.5 Å². The van der Waals surface area contributed by atoms with Crippen LogP contribution in [0.25, 0.3) is 11.3 Å². The number of rotatable bonds is 1. The number of aromatic nitrogens is 1. The Kier molecular flexibility index (Phi) is 20.3. The van der Waals surface area contributed by atoms with Crippen LogP contribution in [0, 0.1) is 6.92 Å². The van der Waals surface area contributed by atoms with Gasteiger partial charge in [-0.3, -0.25) is 4.98 Å². The van der Waals surface area contributed by atoms with Gasteiger partial charge >= 0.3 is 22.0 Å². The van der Waals surface area contributed by atoms with Gasteiger partial charge in [0.1, 0.15) is 0 Å². The second kappa shape index (κ2) is 18.4. The summed E-state index contributed by atoms with van der Waals surface area (Å²) in [6.07, 6.45) is 1.89. The average molecular weight is 958 g/mol. The Morgan fingerprint density at radius 1 is 0.500 bits per heavy atom. The molecule has 46 heavy (non-hydrogen) atoms. The van der Waals surface area contributed by atoms with Crippen molar-refractivity contribution in [2.24, 2.45) is 0 Å². The van der Waals surface area contributed by atoms with Crippen molar-refractivity contribution in [3.05, 3.63) is 54.2 Å². The monoisotopic (exact) mass is 958 g/mol. The van der Waals surface area contributed by atoms with E-state index >= 15 is 0 Å². The third-order valence-corrected chi connectivity index (χ3v) is 5.38. The van der Waals surface area contributed by atoms with E-state index in [2.05, 4.69) is 23.2 Å². The molecule has 0 saturated heterocycles. The van der Waals surface area contributed by atoms with Gasteiger partial charge in [0.25, 0.3) is 0 Å². The molecule has 0 N–H and O–H groups in total. The van der Waals surface area contributed by atoms with Crippen LogP contribution in [0.2, 0.25) is 0 Å². The molecule has 0 saturated carbocycles. The molecule has 0 aliphatic carbocycles. The Labute approximate surface area is 264 Å². The maximum absolute atomic E-state index is 10.7. The van der Waals surface area contributed by atoms with Crippen LogP contribution in [-0.2, 0) is 60.6 Å². The predicted octanol–water partition coefficient (Wildman–Crippen LogP) is 3.26. The summed E-state index contributed by atoms with van der Waals surface area (Å²) in [5.74, 6) is 0. The van der Waals surface area contributed by atoms with Gasteiger partial charge in [-0.15, -0.1) is 0 Å². The third-order valence-electron chi connectivity index (χ3n) is 3.11. The number of hydrogen-bond acceptors (Lipinski definition) is 13. The molecule has 1 aromatic carbocycles. The Morgan fingerprint density at radius 2 is 0.739 bits per heavy atom. The largest absolute Gasteiger partial charge is 0.741 e. The molecule has 1 heterocycles. The maximum atomic E-state index is 10.7. The van der Waals surface area contributed by atoms with Gasteiger partial charge in [0.2, 0.25) is 0 Å². The molecule has 0 spiro atoms. The Bertz CT molecular complexity index is 1460. The number of halogens is 12. The van der Waals surface area contributed by atoms with Crippen LogP contribution in [0.4, 0.5) is 52.7 Å². The summed E-state index contributed by atoms with van der Waals surface area (Å²) in [4.78, 5) is 4.35. The fourth-order valence-electron chi connectivity index (χ4n) is 1.25. The van der Waals surface area contributed by atoms with Crippen molar-refractivity contribution in [1.29, 1.82) is 0 Å². The van der Waals surface area contributed by atoms with Crippen molar-refractivity contribution in [2.45, 2.75) is 29.0 Å². The molecule has 2 aromatic rings. The smallest absolute Gasteiger partial charge is 0.485 e. The normalized spacial score (nSPS) is 12.5. The molecule has 13 nitrogen and oxygen atoms in total. The molecule has 1 aromatic heterocycles. The minimum atomic E-state index is -6.09. The van der Waals surface area contributed by atoms with Crippen LogP contribution >= 0.6 is 0 Å². The minimum absolute atomic E-state index is 0. The zero-order chi connectivity index (χ0) is 37.1. The molecule has 0 fully saturated rings. The van der Waals surface area contributed by atoms with Crippen LogP contribution in [0.3, 0.4) is 0 Å². The molecule has 1 radical (unpaired) electrons. The fourth-order valence-corrected chi connectivity index (χ4v) is 1.25. The summed E-state index contributed by atoms with van der Waals surface area (Å²) in [6.45, 7) is 2.04. The van der Waals surface area contributed by atoms with Crippen molar-refractivity contribution < 1.29 is 125 Å². The summed E-state index contributed by atoms with van der Waals surface area (Å²) in [5.41, 5.74) is -19.2. The summed E-state index contributed by atoms with van der Waals surface area (Å²) >= 11 is 0. The standard InChI is InChI=1S/C12H11N.4CHF3O3S.Ir/c1-10-7-8-12(13-9-10)11-5-3-2-4-6-11;4*2-1(3,4)8(5,6)7;/h2-9H,1H3;4*(H,5,6,7);/p-4. The fraction of sp³-hybridized carbons (Fsp3) is 0.312. The summed E-state index contributed by atoms with van der Waals surface area (Å²) in [6, 6.07) is 14.3. The molecule has 0 aliphatic heterocycles. The molecule has 0 amide bonds. The number of benzene rings is 1. The van der Waals surface area contributed by atoms with Crippen molar-refractivity contribution in [2.75, 3.05) is 0 Å². The summed E-state index contributed by atoms with van der Waals surface area (Å²) < 4.78 is 236. The van der Waals surface area contributed by atoms with Gasteiger partial charge in [-0.1, -0.05) is 36.4 Å². The van der Waals surface area contributed by atoms with Crippen molar-refractivity contribution in [1.82, 2.24) is 4.98 Å². The average Bonchev–Trinajstić information content (AvgIpc) is 2.76. The summed E-state index contributed by atoms with van der Waals surface area (Å²) in [7, 11) is -24.4. The first kappa shape index (κ1) is 50.7. The second-order valence-electron chi connectivity index (χ2n) is 6.69. The molecule has 30 heteroatoms. The van der Waals surface area contributed by atoms with Crippen LogP contribution in [-0.4, -0.2) is 78.9 Å². The molecular formula is C16H11F12IrNO12S4-4. The van der Waals surface area contributed by atoms with Gasteiger partial charge in [-0.05, 0) is 18.6 Å². The third kappa shape index (κ3) is 22.4. The van der Waals surface area contributed by atoms with E-state index in [0.717, 1.165) is 5.69 Å². The van der Waals surface area contributed by atoms with Crippen molar-refractivity contribution >= 4 is 40.5 Å². The van der Waals surface area contributed by atoms with E-state index in [-0.39, 0.29) is 20.1 Å². The molecule has 0 bridgehead atoms. The summed E-state index contributed by atoms with van der Waals surface area (Å²) in [5, 5.41) is 0. The van der Waals surface area contributed by atoms with E-state index in [1.807, 2.05) is 37.4 Å². The van der Waals surface area contributed by atoms with Crippen LogP contribution < -0.4 is 0 Å². The second-order valence-corrected chi connectivity index (χ2v) is 12.2. The molecule has 2 rings (SSSR count). The number of nitrogens with zero attached hydrogens (tertiary/aromatic N) is 1. The predicted molar refractivity (Wildman–Crippen MR) is 117 cm³/mol. The zero-order valence-electron chi connectivity index (χ0n) is 21.0.